The largest absolute Gasteiger partial charge is 0.315 e. The second-order valence-corrected chi connectivity index (χ2v) is 4.88. The van der Waals surface area contributed by atoms with Crippen LogP contribution in [0.15, 0.2) is 0 Å². The molecule has 0 bridgehead atoms. The molecule has 1 heterocycles. The SMILES string of the molecule is NNC(N)CCCCCCCN1CCCC1. The molecule has 1 fully saturated rings. The van der Waals surface area contributed by atoms with Crippen LogP contribution in [0.5, 0.6) is 0 Å². The molecule has 1 atom stereocenters. The zero-order chi connectivity index (χ0) is 11.6. The minimum absolute atomic E-state index is 0.0235. The van der Waals surface area contributed by atoms with Gasteiger partial charge in [0.15, 0.2) is 0 Å². The van der Waals surface area contributed by atoms with Crippen molar-refractivity contribution >= 4 is 0 Å². The zero-order valence-corrected chi connectivity index (χ0v) is 10.5. The average Bonchev–Trinajstić information content (AvgIpc) is 2.80. The van der Waals surface area contributed by atoms with E-state index in [2.05, 4.69) is 10.3 Å². The third-order valence-electron chi connectivity index (χ3n) is 3.40. The van der Waals surface area contributed by atoms with Crippen LogP contribution in [0.25, 0.3) is 0 Å². The van der Waals surface area contributed by atoms with E-state index < -0.39 is 0 Å². The van der Waals surface area contributed by atoms with E-state index >= 15 is 0 Å². The number of hydrazine groups is 1. The molecule has 0 amide bonds. The predicted molar refractivity (Wildman–Crippen MR) is 68.7 cm³/mol. The Kier molecular flexibility index (Phi) is 7.76. The third kappa shape index (κ3) is 6.43. The summed E-state index contributed by atoms with van der Waals surface area (Å²) in [6.07, 6.45) is 10.3. The first-order valence-corrected chi connectivity index (χ1v) is 6.77. The van der Waals surface area contributed by atoms with Gasteiger partial charge in [0.2, 0.25) is 0 Å². The fourth-order valence-corrected chi connectivity index (χ4v) is 2.32. The molecule has 1 aliphatic rings. The van der Waals surface area contributed by atoms with Gasteiger partial charge in [-0.25, -0.2) is 5.43 Å². The van der Waals surface area contributed by atoms with Crippen LogP contribution in [0.3, 0.4) is 0 Å². The number of likely N-dealkylation sites (tertiary alicyclic amines) is 1. The van der Waals surface area contributed by atoms with Gasteiger partial charge in [0.05, 0.1) is 6.17 Å². The first-order chi connectivity index (χ1) is 7.83. The summed E-state index contributed by atoms with van der Waals surface area (Å²) in [5.74, 6) is 5.22. The summed E-state index contributed by atoms with van der Waals surface area (Å²) in [5.41, 5.74) is 8.23. The molecule has 0 radical (unpaired) electrons. The standard InChI is InChI=1S/C12H28N4/c13-12(15-14)8-4-2-1-3-5-9-16-10-6-7-11-16/h12,15H,1-11,13-14H2. The molecule has 1 rings (SSSR count). The molecule has 5 N–H and O–H groups in total. The molecule has 0 spiro atoms. The normalized spacial score (nSPS) is 19.1. The maximum Gasteiger partial charge on any atom is 0.0676 e. The van der Waals surface area contributed by atoms with Crippen molar-refractivity contribution in [3.63, 3.8) is 0 Å². The van der Waals surface area contributed by atoms with E-state index in [9.17, 15) is 0 Å². The molecule has 1 aliphatic heterocycles. The van der Waals surface area contributed by atoms with Crippen LogP contribution >= 0.6 is 0 Å². The summed E-state index contributed by atoms with van der Waals surface area (Å²) in [4.78, 5) is 2.59. The fourth-order valence-electron chi connectivity index (χ4n) is 2.32. The van der Waals surface area contributed by atoms with Gasteiger partial charge in [-0.15, -0.1) is 0 Å². The Morgan fingerprint density at radius 1 is 1.00 bits per heavy atom. The fraction of sp³-hybridized carbons (Fsp3) is 1.00. The first-order valence-electron chi connectivity index (χ1n) is 6.77. The highest BCUT2D eigenvalue weighted by Crippen LogP contribution is 2.10. The van der Waals surface area contributed by atoms with Gasteiger partial charge in [0.25, 0.3) is 0 Å². The quantitative estimate of drug-likeness (QED) is 0.240. The lowest BCUT2D eigenvalue weighted by molar-refractivity contribution is 0.327. The second-order valence-electron chi connectivity index (χ2n) is 4.88. The third-order valence-corrected chi connectivity index (χ3v) is 3.40. The monoisotopic (exact) mass is 228 g/mol. The molecule has 0 aromatic rings. The summed E-state index contributed by atoms with van der Waals surface area (Å²) in [6, 6.07) is 0. The van der Waals surface area contributed by atoms with E-state index in [1.54, 1.807) is 0 Å². The van der Waals surface area contributed by atoms with Crippen molar-refractivity contribution in [3.8, 4) is 0 Å². The van der Waals surface area contributed by atoms with E-state index in [-0.39, 0.29) is 6.17 Å². The predicted octanol–water partition coefficient (Wildman–Crippen LogP) is 1.17. The van der Waals surface area contributed by atoms with E-state index in [1.807, 2.05) is 0 Å². The van der Waals surface area contributed by atoms with Crippen LogP contribution in [0.1, 0.15) is 51.4 Å². The maximum atomic E-state index is 5.65. The Morgan fingerprint density at radius 3 is 2.31 bits per heavy atom. The van der Waals surface area contributed by atoms with Gasteiger partial charge < -0.3 is 10.6 Å². The maximum absolute atomic E-state index is 5.65. The number of unbranched alkanes of at least 4 members (excludes halogenated alkanes) is 4. The van der Waals surface area contributed by atoms with Crippen molar-refractivity contribution in [2.24, 2.45) is 11.6 Å². The first kappa shape index (κ1) is 13.9. The topological polar surface area (TPSA) is 67.3 Å². The number of nitrogens with two attached hydrogens (primary N) is 2. The number of nitrogens with zero attached hydrogens (tertiary/aromatic N) is 1. The molecule has 4 nitrogen and oxygen atoms in total. The van der Waals surface area contributed by atoms with E-state index in [4.69, 9.17) is 11.6 Å². The van der Waals surface area contributed by atoms with E-state index in [0.717, 1.165) is 6.42 Å². The van der Waals surface area contributed by atoms with Crippen LogP contribution in [0.2, 0.25) is 0 Å². The average molecular weight is 228 g/mol. The van der Waals surface area contributed by atoms with Crippen molar-refractivity contribution in [2.45, 2.75) is 57.5 Å². The lowest BCUT2D eigenvalue weighted by Gasteiger charge is -2.14. The Balaban J connectivity index is 1.77. The van der Waals surface area contributed by atoms with Crippen LogP contribution in [-0.2, 0) is 0 Å². The minimum atomic E-state index is -0.0235. The number of hydrogen-bond donors (Lipinski definition) is 3. The van der Waals surface area contributed by atoms with Gasteiger partial charge in [-0.3, -0.25) is 5.84 Å². The highest BCUT2D eigenvalue weighted by atomic mass is 15.3. The Hall–Kier alpha value is -0.160. The lowest BCUT2D eigenvalue weighted by atomic mass is 10.1. The molecule has 1 saturated heterocycles. The van der Waals surface area contributed by atoms with Crippen molar-refractivity contribution in [3.05, 3.63) is 0 Å². The lowest BCUT2D eigenvalue weighted by Crippen LogP contribution is -2.41. The van der Waals surface area contributed by atoms with Gasteiger partial charge in [-0.2, -0.15) is 0 Å². The Morgan fingerprint density at radius 2 is 1.62 bits per heavy atom. The number of nitrogens with one attached hydrogen (secondary N) is 1. The van der Waals surface area contributed by atoms with Crippen molar-refractivity contribution in [1.82, 2.24) is 10.3 Å². The summed E-state index contributed by atoms with van der Waals surface area (Å²) >= 11 is 0. The van der Waals surface area contributed by atoms with Gasteiger partial charge in [-0.05, 0) is 45.3 Å². The second kappa shape index (κ2) is 8.93. The molecule has 0 aromatic heterocycles. The zero-order valence-electron chi connectivity index (χ0n) is 10.5. The molecule has 16 heavy (non-hydrogen) atoms. The highest BCUT2D eigenvalue weighted by molar-refractivity contribution is 4.65. The highest BCUT2D eigenvalue weighted by Gasteiger charge is 2.09. The van der Waals surface area contributed by atoms with Crippen LogP contribution in [-0.4, -0.2) is 30.7 Å². The molecule has 0 aromatic carbocycles. The number of hydrogen-bond acceptors (Lipinski definition) is 4. The van der Waals surface area contributed by atoms with Crippen LogP contribution < -0.4 is 17.0 Å². The van der Waals surface area contributed by atoms with Crippen LogP contribution in [0, 0.1) is 0 Å². The van der Waals surface area contributed by atoms with Gasteiger partial charge in [0.1, 0.15) is 0 Å². The summed E-state index contributed by atoms with van der Waals surface area (Å²) in [7, 11) is 0. The number of rotatable bonds is 9. The smallest absolute Gasteiger partial charge is 0.0676 e. The van der Waals surface area contributed by atoms with Crippen molar-refractivity contribution < 1.29 is 0 Å². The summed E-state index contributed by atoms with van der Waals surface area (Å²) < 4.78 is 0. The molecule has 0 aliphatic carbocycles. The molecule has 4 heteroatoms. The Labute approximate surface area is 99.7 Å². The van der Waals surface area contributed by atoms with Gasteiger partial charge in [0, 0.05) is 0 Å². The molecule has 1 unspecified atom stereocenters. The molecule has 96 valence electrons. The summed E-state index contributed by atoms with van der Waals surface area (Å²) in [5, 5.41) is 0. The molecular formula is C12H28N4. The van der Waals surface area contributed by atoms with E-state index in [0.29, 0.717) is 0 Å². The van der Waals surface area contributed by atoms with Crippen molar-refractivity contribution in [2.75, 3.05) is 19.6 Å². The summed E-state index contributed by atoms with van der Waals surface area (Å²) in [6.45, 7) is 3.97. The van der Waals surface area contributed by atoms with Gasteiger partial charge in [-0.1, -0.05) is 25.7 Å². The van der Waals surface area contributed by atoms with E-state index in [1.165, 1.54) is 64.6 Å². The van der Waals surface area contributed by atoms with Crippen molar-refractivity contribution in [1.29, 1.82) is 0 Å². The molecular weight excluding hydrogens is 200 g/mol. The minimum Gasteiger partial charge on any atom is -0.315 e. The van der Waals surface area contributed by atoms with Crippen LogP contribution in [0.4, 0.5) is 0 Å². The Bertz CT molecular complexity index is 157. The molecule has 0 saturated carbocycles. The van der Waals surface area contributed by atoms with Gasteiger partial charge >= 0.3 is 0 Å².